The number of nitrogens with zero attached hydrogens (tertiary/aromatic N) is 3. The number of likely N-dealkylation sites (N-methyl/N-ethyl adjacent to an activating group) is 2. The number of aliphatic hydroxyl groups is 1. The third kappa shape index (κ3) is 8.55. The first kappa shape index (κ1) is 31.3. The van der Waals surface area contributed by atoms with E-state index < -0.39 is 5.72 Å². The van der Waals surface area contributed by atoms with Gasteiger partial charge in [-0.2, -0.15) is 0 Å². The monoisotopic (exact) mass is 524 g/mol. The molecule has 1 aromatic rings. The molecule has 1 saturated carbocycles. The summed E-state index contributed by atoms with van der Waals surface area (Å²) in [6.45, 7) is 17.0. The first-order valence-electron chi connectivity index (χ1n) is 14.0. The molecule has 1 aliphatic rings. The molecule has 38 heavy (non-hydrogen) atoms. The molecule has 0 spiro atoms. The van der Waals surface area contributed by atoms with E-state index in [1.165, 1.54) is 18.4 Å². The summed E-state index contributed by atoms with van der Waals surface area (Å²) < 4.78 is 0. The fraction of sp³-hybridized carbons (Fsp3) is 0.581. The van der Waals surface area contributed by atoms with Crippen LogP contribution in [-0.2, 0) is 0 Å². The van der Waals surface area contributed by atoms with Crippen LogP contribution in [0.5, 0.6) is 0 Å². The molecular weight excluding hydrogens is 472 g/mol. The van der Waals surface area contributed by atoms with Crippen LogP contribution < -0.4 is 20.9 Å². The molecule has 7 nitrogen and oxygen atoms in total. The van der Waals surface area contributed by atoms with Crippen LogP contribution in [0.2, 0.25) is 0 Å². The Morgan fingerprint density at radius 1 is 1.21 bits per heavy atom. The van der Waals surface area contributed by atoms with E-state index in [4.69, 9.17) is 4.99 Å². The largest absolute Gasteiger partial charge is 0.393 e. The fourth-order valence-corrected chi connectivity index (χ4v) is 4.58. The Morgan fingerprint density at radius 2 is 1.89 bits per heavy atom. The van der Waals surface area contributed by atoms with Crippen LogP contribution in [0, 0.1) is 5.92 Å². The Labute approximate surface area is 231 Å². The second-order valence-corrected chi connectivity index (χ2v) is 10.7. The molecule has 0 saturated heterocycles. The summed E-state index contributed by atoms with van der Waals surface area (Å²) in [5.74, 6) is 2.05. The molecular formula is C31H52N6O. The van der Waals surface area contributed by atoms with Gasteiger partial charge in [0.1, 0.15) is 5.84 Å². The Morgan fingerprint density at radius 3 is 2.42 bits per heavy atom. The van der Waals surface area contributed by atoms with Gasteiger partial charge in [-0.1, -0.05) is 32.1 Å². The van der Waals surface area contributed by atoms with Crippen LogP contribution in [0.1, 0.15) is 72.8 Å². The van der Waals surface area contributed by atoms with Crippen LogP contribution in [0.4, 0.5) is 11.4 Å². The number of benzene rings is 1. The molecule has 1 unspecified atom stereocenters. The summed E-state index contributed by atoms with van der Waals surface area (Å²) in [4.78, 5) is 9.58. The molecule has 0 radical (unpaired) electrons. The van der Waals surface area contributed by atoms with Crippen LogP contribution in [0.25, 0.3) is 0 Å². The van der Waals surface area contributed by atoms with Crippen molar-refractivity contribution in [2.24, 2.45) is 10.9 Å². The van der Waals surface area contributed by atoms with Gasteiger partial charge in [-0.25, -0.2) is 4.99 Å². The van der Waals surface area contributed by atoms with Gasteiger partial charge in [0.15, 0.2) is 5.72 Å². The summed E-state index contributed by atoms with van der Waals surface area (Å²) in [5, 5.41) is 21.3. The van der Waals surface area contributed by atoms with Gasteiger partial charge in [0.25, 0.3) is 0 Å². The first-order chi connectivity index (χ1) is 18.0. The fourth-order valence-electron chi connectivity index (χ4n) is 4.58. The van der Waals surface area contributed by atoms with Crippen molar-refractivity contribution in [3.63, 3.8) is 0 Å². The van der Waals surface area contributed by atoms with E-state index in [0.29, 0.717) is 11.8 Å². The van der Waals surface area contributed by atoms with Gasteiger partial charge in [0.2, 0.25) is 0 Å². The minimum absolute atomic E-state index is 0.406. The highest BCUT2D eigenvalue weighted by Crippen LogP contribution is 2.37. The van der Waals surface area contributed by atoms with Crippen molar-refractivity contribution in [1.82, 2.24) is 15.5 Å². The zero-order valence-corrected chi connectivity index (χ0v) is 25.4. The van der Waals surface area contributed by atoms with Gasteiger partial charge in [-0.15, -0.1) is 0 Å². The van der Waals surface area contributed by atoms with Gasteiger partial charge in [-0.05, 0) is 71.1 Å². The lowest BCUT2D eigenvalue weighted by atomic mass is 9.99. The first-order valence-corrected chi connectivity index (χ1v) is 14.0. The third-order valence-electron chi connectivity index (χ3n) is 7.24. The summed E-state index contributed by atoms with van der Waals surface area (Å²) in [7, 11) is 5.93. The molecule has 1 fully saturated rings. The number of allylic oxidation sites excluding steroid dienone is 3. The number of amidine groups is 1. The Hall–Kier alpha value is -2.93. The highest BCUT2D eigenvalue weighted by Gasteiger charge is 2.28. The Bertz CT molecular complexity index is 1030. The second kappa shape index (κ2) is 14.3. The van der Waals surface area contributed by atoms with Crippen molar-refractivity contribution in [1.29, 1.82) is 0 Å². The lowest BCUT2D eigenvalue weighted by Gasteiger charge is -2.33. The van der Waals surface area contributed by atoms with Gasteiger partial charge < -0.3 is 30.9 Å². The molecule has 0 aliphatic heterocycles. The van der Waals surface area contributed by atoms with Crippen molar-refractivity contribution in [3.05, 3.63) is 59.1 Å². The molecule has 2 rings (SSSR count). The minimum Gasteiger partial charge on any atom is -0.393 e. The zero-order valence-electron chi connectivity index (χ0n) is 25.4. The van der Waals surface area contributed by atoms with Gasteiger partial charge >= 0.3 is 0 Å². The minimum atomic E-state index is -1.26. The van der Waals surface area contributed by atoms with Crippen molar-refractivity contribution in [2.75, 3.05) is 51.0 Å². The van der Waals surface area contributed by atoms with Crippen LogP contribution in [0.3, 0.4) is 0 Å². The molecule has 1 aromatic carbocycles. The van der Waals surface area contributed by atoms with E-state index in [0.717, 1.165) is 53.8 Å². The maximum Gasteiger partial charge on any atom is 0.160 e. The highest BCUT2D eigenvalue weighted by atomic mass is 16.3. The number of nitrogens with one attached hydrogen (secondary N) is 3. The molecule has 4 N–H and O–H groups in total. The van der Waals surface area contributed by atoms with E-state index in [9.17, 15) is 5.11 Å². The van der Waals surface area contributed by atoms with Crippen LogP contribution in [-0.4, -0.2) is 62.3 Å². The summed E-state index contributed by atoms with van der Waals surface area (Å²) in [6, 6.07) is 6.48. The number of aliphatic imine (C=N–C) groups is 1. The Kier molecular flexibility index (Phi) is 11.8. The van der Waals surface area contributed by atoms with E-state index in [1.807, 2.05) is 46.3 Å². The maximum atomic E-state index is 11.5. The van der Waals surface area contributed by atoms with Crippen LogP contribution in [0.15, 0.2) is 58.5 Å². The summed E-state index contributed by atoms with van der Waals surface area (Å²) in [6.07, 6.45) is 8.39. The molecule has 0 bridgehead atoms. The summed E-state index contributed by atoms with van der Waals surface area (Å²) in [5.41, 5.74) is 4.84. The molecule has 0 amide bonds. The van der Waals surface area contributed by atoms with Crippen molar-refractivity contribution >= 4 is 17.2 Å². The average Bonchev–Trinajstić information content (AvgIpc) is 3.72. The predicted octanol–water partition coefficient (Wildman–Crippen LogP) is 5.65. The zero-order chi connectivity index (χ0) is 28.5. The molecule has 0 heterocycles. The van der Waals surface area contributed by atoms with E-state index in [2.05, 4.69) is 78.7 Å². The smallest absolute Gasteiger partial charge is 0.160 e. The normalized spacial score (nSPS) is 16.8. The average molecular weight is 525 g/mol. The molecule has 7 heteroatoms. The molecule has 1 atom stereocenters. The SMILES string of the molecule is C/C=C\C(=C(\C)NC)C(C)(O)Nc1ccc(C(C)C)cc1N(C)CCN(CC)C(C)=N/C(=C\NC)C1CC1. The topological polar surface area (TPSA) is 75.2 Å². The summed E-state index contributed by atoms with van der Waals surface area (Å²) >= 11 is 0. The van der Waals surface area contributed by atoms with Gasteiger partial charge in [0.05, 0.1) is 17.1 Å². The van der Waals surface area contributed by atoms with Gasteiger partial charge in [0, 0.05) is 64.2 Å². The van der Waals surface area contributed by atoms with Crippen LogP contribution >= 0.6 is 0 Å². The van der Waals surface area contributed by atoms with Gasteiger partial charge in [-0.3, -0.25) is 0 Å². The third-order valence-corrected chi connectivity index (χ3v) is 7.24. The molecule has 0 aromatic heterocycles. The second-order valence-electron chi connectivity index (χ2n) is 10.7. The van der Waals surface area contributed by atoms with Crippen molar-refractivity contribution < 1.29 is 5.11 Å². The molecule has 212 valence electrons. The number of hydrogen-bond acceptors (Lipinski definition) is 6. The number of rotatable bonds is 14. The molecule has 1 aliphatic carbocycles. The highest BCUT2D eigenvalue weighted by molar-refractivity contribution is 5.81. The maximum absolute atomic E-state index is 11.5. The number of hydrogen-bond donors (Lipinski definition) is 4. The van der Waals surface area contributed by atoms with E-state index >= 15 is 0 Å². The van der Waals surface area contributed by atoms with E-state index in [-0.39, 0.29) is 0 Å². The number of anilines is 2. The predicted molar refractivity (Wildman–Crippen MR) is 165 cm³/mol. The van der Waals surface area contributed by atoms with Crippen molar-refractivity contribution in [2.45, 2.75) is 73.0 Å². The standard InChI is InChI=1S/C31H52N6O/c1-11-13-27(23(5)33-9)31(7,38)35-28-17-16-26(22(3)4)20-30(28)36(10)18-19-37(12-2)24(6)34-29(21-32-8)25-14-15-25/h11,13,16-17,20-22,25,32-33,35,38H,12,14-15,18-19H2,1-10H3/b13-11-,27-23+,29-21-,34-24?. The van der Waals surface area contributed by atoms with Crippen molar-refractivity contribution in [3.8, 4) is 0 Å². The quantitative estimate of drug-likeness (QED) is 0.109. The lowest BCUT2D eigenvalue weighted by molar-refractivity contribution is 0.132. The Balaban J connectivity index is 2.32. The lowest BCUT2D eigenvalue weighted by Crippen LogP contribution is -2.39. The van der Waals surface area contributed by atoms with E-state index in [1.54, 1.807) is 6.92 Å².